The molecule has 0 atom stereocenters. The molecule has 0 fully saturated rings. The third-order valence-corrected chi connectivity index (χ3v) is 2.89. The lowest BCUT2D eigenvalue weighted by molar-refractivity contribution is 1.32. The standard InChI is InChI=1S/C12H11BrN2/c1-14-9-5-6-11(13)10(8-9)12-4-2-3-7-15-12/h2-8,14H,1H3. The van der Waals surface area contributed by atoms with Crippen molar-refractivity contribution in [1.29, 1.82) is 0 Å². The van der Waals surface area contributed by atoms with E-state index in [1.807, 2.05) is 37.4 Å². The lowest BCUT2D eigenvalue weighted by Gasteiger charge is -2.06. The molecule has 0 aliphatic heterocycles. The molecular weight excluding hydrogens is 252 g/mol. The van der Waals surface area contributed by atoms with Gasteiger partial charge in [-0.3, -0.25) is 4.98 Å². The molecule has 76 valence electrons. The smallest absolute Gasteiger partial charge is 0.0714 e. The van der Waals surface area contributed by atoms with Gasteiger partial charge in [-0.25, -0.2) is 0 Å². The Hall–Kier alpha value is -1.35. The topological polar surface area (TPSA) is 24.9 Å². The first-order valence-electron chi connectivity index (χ1n) is 4.70. The first kappa shape index (κ1) is 10.2. The Morgan fingerprint density at radius 3 is 2.73 bits per heavy atom. The monoisotopic (exact) mass is 262 g/mol. The van der Waals surface area contributed by atoms with Crippen molar-refractivity contribution in [3.8, 4) is 11.3 Å². The van der Waals surface area contributed by atoms with E-state index in [0.717, 1.165) is 21.4 Å². The molecule has 0 unspecified atom stereocenters. The molecule has 0 spiro atoms. The van der Waals surface area contributed by atoms with Crippen LogP contribution in [0.4, 0.5) is 5.69 Å². The van der Waals surface area contributed by atoms with Gasteiger partial charge in [0, 0.05) is 29.0 Å². The van der Waals surface area contributed by atoms with Gasteiger partial charge in [-0.2, -0.15) is 0 Å². The van der Waals surface area contributed by atoms with Crippen molar-refractivity contribution in [1.82, 2.24) is 4.98 Å². The van der Waals surface area contributed by atoms with Gasteiger partial charge in [0.25, 0.3) is 0 Å². The number of aromatic nitrogens is 1. The molecular formula is C12H11BrN2. The molecule has 1 heterocycles. The Kier molecular flexibility index (Phi) is 3.02. The number of rotatable bonds is 2. The summed E-state index contributed by atoms with van der Waals surface area (Å²) >= 11 is 3.53. The zero-order valence-corrected chi connectivity index (χ0v) is 9.95. The number of hydrogen-bond donors (Lipinski definition) is 1. The Morgan fingerprint density at radius 1 is 1.20 bits per heavy atom. The Bertz CT molecular complexity index is 454. The van der Waals surface area contributed by atoms with Crippen LogP contribution >= 0.6 is 15.9 Å². The van der Waals surface area contributed by atoms with E-state index in [4.69, 9.17) is 0 Å². The summed E-state index contributed by atoms with van der Waals surface area (Å²) in [5.41, 5.74) is 3.16. The SMILES string of the molecule is CNc1ccc(Br)c(-c2ccccn2)c1. The second kappa shape index (κ2) is 4.45. The van der Waals surface area contributed by atoms with Crippen LogP contribution in [-0.2, 0) is 0 Å². The summed E-state index contributed by atoms with van der Waals surface area (Å²) in [4.78, 5) is 4.33. The maximum Gasteiger partial charge on any atom is 0.0714 e. The normalized spacial score (nSPS) is 10.0. The maximum atomic E-state index is 4.33. The molecule has 0 amide bonds. The van der Waals surface area contributed by atoms with Gasteiger partial charge < -0.3 is 5.32 Å². The van der Waals surface area contributed by atoms with E-state index < -0.39 is 0 Å². The van der Waals surface area contributed by atoms with E-state index in [1.54, 1.807) is 6.20 Å². The van der Waals surface area contributed by atoms with Crippen molar-refractivity contribution in [2.45, 2.75) is 0 Å². The molecule has 15 heavy (non-hydrogen) atoms. The maximum absolute atomic E-state index is 4.33. The van der Waals surface area contributed by atoms with Crippen LogP contribution in [0, 0.1) is 0 Å². The van der Waals surface area contributed by atoms with Crippen LogP contribution in [0.3, 0.4) is 0 Å². The number of pyridine rings is 1. The summed E-state index contributed by atoms with van der Waals surface area (Å²) in [7, 11) is 1.91. The van der Waals surface area contributed by atoms with E-state index in [1.165, 1.54) is 0 Å². The van der Waals surface area contributed by atoms with Crippen LogP contribution in [0.2, 0.25) is 0 Å². The van der Waals surface area contributed by atoms with Crippen LogP contribution in [0.1, 0.15) is 0 Å². The van der Waals surface area contributed by atoms with E-state index in [0.29, 0.717) is 0 Å². The highest BCUT2D eigenvalue weighted by Gasteiger charge is 2.04. The van der Waals surface area contributed by atoms with Crippen molar-refractivity contribution >= 4 is 21.6 Å². The van der Waals surface area contributed by atoms with E-state index in [-0.39, 0.29) is 0 Å². The summed E-state index contributed by atoms with van der Waals surface area (Å²) in [5, 5.41) is 3.12. The third kappa shape index (κ3) is 2.18. The molecule has 0 bridgehead atoms. The van der Waals surface area contributed by atoms with E-state index >= 15 is 0 Å². The third-order valence-electron chi connectivity index (χ3n) is 2.20. The highest BCUT2D eigenvalue weighted by Crippen LogP contribution is 2.29. The first-order chi connectivity index (χ1) is 7.31. The zero-order valence-electron chi connectivity index (χ0n) is 8.37. The second-order valence-corrected chi connectivity index (χ2v) is 4.01. The quantitative estimate of drug-likeness (QED) is 0.896. The number of benzene rings is 1. The number of anilines is 1. The molecule has 1 N–H and O–H groups in total. The molecule has 3 heteroatoms. The molecule has 0 radical (unpaired) electrons. The second-order valence-electron chi connectivity index (χ2n) is 3.16. The van der Waals surface area contributed by atoms with Gasteiger partial charge in [0.1, 0.15) is 0 Å². The van der Waals surface area contributed by atoms with Crippen LogP contribution < -0.4 is 5.32 Å². The lowest BCUT2D eigenvalue weighted by atomic mass is 10.1. The Morgan fingerprint density at radius 2 is 2.07 bits per heavy atom. The van der Waals surface area contributed by atoms with Crippen molar-refractivity contribution in [3.05, 3.63) is 47.1 Å². The highest BCUT2D eigenvalue weighted by molar-refractivity contribution is 9.10. The van der Waals surface area contributed by atoms with Gasteiger partial charge in [0.05, 0.1) is 5.69 Å². The Balaban J connectivity index is 2.52. The summed E-state index contributed by atoms with van der Waals surface area (Å²) in [6.45, 7) is 0. The predicted molar refractivity (Wildman–Crippen MR) is 66.9 cm³/mol. The van der Waals surface area contributed by atoms with Crippen LogP contribution in [0.25, 0.3) is 11.3 Å². The molecule has 1 aromatic heterocycles. The summed E-state index contributed by atoms with van der Waals surface area (Å²) in [6.07, 6.45) is 1.80. The minimum Gasteiger partial charge on any atom is -0.388 e. The highest BCUT2D eigenvalue weighted by atomic mass is 79.9. The van der Waals surface area contributed by atoms with Crippen LogP contribution in [0.15, 0.2) is 47.1 Å². The Labute approximate surface area is 97.5 Å². The fraction of sp³-hybridized carbons (Fsp3) is 0.0833. The fourth-order valence-electron chi connectivity index (χ4n) is 1.40. The molecule has 2 nitrogen and oxygen atoms in total. The molecule has 0 aliphatic carbocycles. The largest absolute Gasteiger partial charge is 0.388 e. The summed E-state index contributed by atoms with van der Waals surface area (Å²) < 4.78 is 1.06. The average molecular weight is 263 g/mol. The minimum atomic E-state index is 0.974. The molecule has 0 saturated carbocycles. The predicted octanol–water partition coefficient (Wildman–Crippen LogP) is 3.55. The van der Waals surface area contributed by atoms with Gasteiger partial charge >= 0.3 is 0 Å². The molecule has 0 saturated heterocycles. The van der Waals surface area contributed by atoms with Crippen LogP contribution in [-0.4, -0.2) is 12.0 Å². The minimum absolute atomic E-state index is 0.974. The van der Waals surface area contributed by atoms with Gasteiger partial charge in [-0.05, 0) is 30.3 Å². The van der Waals surface area contributed by atoms with Gasteiger partial charge in [-0.1, -0.05) is 22.0 Å². The lowest BCUT2D eigenvalue weighted by Crippen LogP contribution is -1.90. The van der Waals surface area contributed by atoms with Gasteiger partial charge in [-0.15, -0.1) is 0 Å². The van der Waals surface area contributed by atoms with Crippen molar-refractivity contribution in [2.75, 3.05) is 12.4 Å². The summed E-state index contributed by atoms with van der Waals surface area (Å²) in [5.74, 6) is 0. The van der Waals surface area contributed by atoms with Gasteiger partial charge in [0.2, 0.25) is 0 Å². The van der Waals surface area contributed by atoms with Crippen molar-refractivity contribution < 1.29 is 0 Å². The fourth-order valence-corrected chi connectivity index (χ4v) is 1.85. The molecule has 2 rings (SSSR count). The number of nitrogens with one attached hydrogen (secondary N) is 1. The van der Waals surface area contributed by atoms with Gasteiger partial charge in [0.15, 0.2) is 0 Å². The molecule has 0 aliphatic rings. The van der Waals surface area contributed by atoms with Crippen molar-refractivity contribution in [3.63, 3.8) is 0 Å². The first-order valence-corrected chi connectivity index (χ1v) is 5.49. The molecule has 1 aromatic carbocycles. The van der Waals surface area contributed by atoms with E-state index in [9.17, 15) is 0 Å². The van der Waals surface area contributed by atoms with E-state index in [2.05, 4.69) is 32.3 Å². The zero-order chi connectivity index (χ0) is 10.7. The molecule has 2 aromatic rings. The summed E-state index contributed by atoms with van der Waals surface area (Å²) in [6, 6.07) is 12.0. The van der Waals surface area contributed by atoms with Crippen LogP contribution in [0.5, 0.6) is 0 Å². The number of halogens is 1. The van der Waals surface area contributed by atoms with Crippen molar-refractivity contribution in [2.24, 2.45) is 0 Å². The number of hydrogen-bond acceptors (Lipinski definition) is 2. The average Bonchev–Trinajstić information content (AvgIpc) is 2.31. The number of nitrogens with zero attached hydrogens (tertiary/aromatic N) is 1.